The Balaban J connectivity index is 1.28. The predicted octanol–water partition coefficient (Wildman–Crippen LogP) is 5.27. The molecule has 1 aromatic carbocycles. The smallest absolute Gasteiger partial charge is 0.176 e. The van der Waals surface area contributed by atoms with E-state index in [1.807, 2.05) is 30.3 Å². The Kier molecular flexibility index (Phi) is 3.98. The lowest BCUT2D eigenvalue weighted by Gasteiger charge is -2.56. The largest absolute Gasteiger partial charge is 0.332 e. The molecule has 0 radical (unpaired) electrons. The van der Waals surface area contributed by atoms with Crippen LogP contribution in [0.2, 0.25) is 5.02 Å². The molecule has 6 heteroatoms. The van der Waals surface area contributed by atoms with Crippen LogP contribution in [0.4, 0.5) is 11.5 Å². The summed E-state index contributed by atoms with van der Waals surface area (Å²) in [5.41, 5.74) is 1.16. The van der Waals surface area contributed by atoms with Gasteiger partial charge < -0.3 is 10.6 Å². The lowest BCUT2D eigenvalue weighted by atomic mass is 9.53. The monoisotopic (exact) mass is 386 g/mol. The first-order valence-corrected chi connectivity index (χ1v) is 10.3. The van der Waals surface area contributed by atoms with Crippen molar-refractivity contribution in [3.8, 4) is 0 Å². The Morgan fingerprint density at radius 3 is 2.23 bits per heavy atom. The first kappa shape index (κ1) is 16.6. The summed E-state index contributed by atoms with van der Waals surface area (Å²) < 4.78 is 2.24. The molecular formula is C20H23ClN4S. The van der Waals surface area contributed by atoms with E-state index in [4.69, 9.17) is 28.9 Å². The van der Waals surface area contributed by atoms with Gasteiger partial charge in [0.15, 0.2) is 10.9 Å². The third kappa shape index (κ3) is 3.01. The summed E-state index contributed by atoms with van der Waals surface area (Å²) in [6.45, 7) is 0. The highest BCUT2D eigenvalue weighted by Gasteiger charge is 2.52. The molecule has 1 heterocycles. The number of aromatic nitrogens is 2. The number of rotatable bonds is 3. The maximum Gasteiger partial charge on any atom is 0.176 e. The van der Waals surface area contributed by atoms with Crippen LogP contribution in [0.25, 0.3) is 0 Å². The van der Waals surface area contributed by atoms with E-state index in [-0.39, 0.29) is 5.54 Å². The van der Waals surface area contributed by atoms with Crippen LogP contribution in [0.3, 0.4) is 0 Å². The minimum absolute atomic E-state index is 0.250. The van der Waals surface area contributed by atoms with Gasteiger partial charge in [-0.25, -0.2) is 0 Å². The van der Waals surface area contributed by atoms with E-state index in [0.29, 0.717) is 10.1 Å². The van der Waals surface area contributed by atoms with Crippen LogP contribution in [0.5, 0.6) is 0 Å². The second kappa shape index (κ2) is 6.24. The molecule has 2 aromatic rings. The summed E-state index contributed by atoms with van der Waals surface area (Å²) in [5.74, 6) is 3.55. The zero-order valence-corrected chi connectivity index (χ0v) is 16.2. The summed E-state index contributed by atoms with van der Waals surface area (Å²) in [7, 11) is 0. The van der Waals surface area contributed by atoms with Crippen LogP contribution >= 0.6 is 23.8 Å². The molecule has 4 saturated carbocycles. The molecule has 26 heavy (non-hydrogen) atoms. The molecule has 0 atom stereocenters. The number of hydrogen-bond donors (Lipinski definition) is 2. The third-order valence-corrected chi connectivity index (χ3v) is 6.88. The molecule has 0 amide bonds. The summed E-state index contributed by atoms with van der Waals surface area (Å²) in [6, 6.07) is 9.53. The summed E-state index contributed by atoms with van der Waals surface area (Å²) in [5, 5.41) is 12.5. The third-order valence-electron chi connectivity index (χ3n) is 6.42. The van der Waals surface area contributed by atoms with E-state index in [1.54, 1.807) is 0 Å². The predicted molar refractivity (Wildman–Crippen MR) is 110 cm³/mol. The van der Waals surface area contributed by atoms with E-state index in [1.165, 1.54) is 38.5 Å². The molecule has 4 fully saturated rings. The standard InChI is InChI=1S/C20H23ClN4S/c21-16-1-3-17(4-2-16)22-19(26)23-18-5-6-25(24-18)20-10-13-7-14(11-20)9-15(8-13)12-20/h1-6,13-15H,7-12H2,(H2,22,23,24,26). The van der Waals surface area contributed by atoms with Gasteiger partial charge in [-0.2, -0.15) is 5.10 Å². The summed E-state index contributed by atoms with van der Waals surface area (Å²) in [4.78, 5) is 0. The van der Waals surface area contributed by atoms with E-state index < -0.39 is 0 Å². The Hall–Kier alpha value is -1.59. The van der Waals surface area contributed by atoms with Crippen molar-refractivity contribution in [1.29, 1.82) is 0 Å². The molecule has 4 nitrogen and oxygen atoms in total. The number of halogens is 1. The van der Waals surface area contributed by atoms with Gasteiger partial charge in [-0.05, 0) is 92.8 Å². The number of hydrogen-bond acceptors (Lipinski definition) is 2. The average molecular weight is 387 g/mol. The molecule has 0 saturated heterocycles. The average Bonchev–Trinajstić information content (AvgIpc) is 3.05. The highest BCUT2D eigenvalue weighted by Crippen LogP contribution is 2.58. The number of thiocarbonyl (C=S) groups is 1. The van der Waals surface area contributed by atoms with Crippen molar-refractivity contribution in [2.75, 3.05) is 10.6 Å². The molecule has 4 bridgehead atoms. The number of benzene rings is 1. The van der Waals surface area contributed by atoms with Gasteiger partial charge in [-0.3, -0.25) is 4.68 Å². The Morgan fingerprint density at radius 2 is 1.62 bits per heavy atom. The van der Waals surface area contributed by atoms with E-state index in [0.717, 1.165) is 29.3 Å². The fourth-order valence-corrected chi connectivity index (χ4v) is 6.16. The van der Waals surface area contributed by atoms with E-state index in [9.17, 15) is 0 Å². The molecule has 4 aliphatic rings. The maximum absolute atomic E-state index is 5.92. The lowest BCUT2D eigenvalue weighted by Crippen LogP contribution is -2.52. The SMILES string of the molecule is S=C(Nc1ccc(Cl)cc1)Nc1ccn(C23CC4CC(CC(C4)C2)C3)n1. The zero-order valence-electron chi connectivity index (χ0n) is 14.6. The quantitative estimate of drug-likeness (QED) is 0.705. The van der Waals surface area contributed by atoms with E-state index >= 15 is 0 Å². The van der Waals surface area contributed by atoms with Crippen LogP contribution < -0.4 is 10.6 Å². The molecule has 2 N–H and O–H groups in total. The van der Waals surface area contributed by atoms with Gasteiger partial charge in [0.2, 0.25) is 0 Å². The van der Waals surface area contributed by atoms with Crippen molar-refractivity contribution in [3.05, 3.63) is 41.6 Å². The molecule has 0 spiro atoms. The Morgan fingerprint density at radius 1 is 1.00 bits per heavy atom. The lowest BCUT2D eigenvalue weighted by molar-refractivity contribution is -0.0492. The van der Waals surface area contributed by atoms with Crippen LogP contribution in [0, 0.1) is 17.8 Å². The topological polar surface area (TPSA) is 41.9 Å². The van der Waals surface area contributed by atoms with Crippen molar-refractivity contribution in [1.82, 2.24) is 9.78 Å². The van der Waals surface area contributed by atoms with Gasteiger partial charge in [-0.1, -0.05) is 11.6 Å². The summed E-state index contributed by atoms with van der Waals surface area (Å²) >= 11 is 11.3. The first-order chi connectivity index (χ1) is 12.6. The number of anilines is 2. The van der Waals surface area contributed by atoms with Crippen LogP contribution in [-0.4, -0.2) is 14.9 Å². The van der Waals surface area contributed by atoms with Gasteiger partial charge in [0, 0.05) is 23.0 Å². The molecule has 0 unspecified atom stereocenters. The van der Waals surface area contributed by atoms with Crippen molar-refractivity contribution < 1.29 is 0 Å². The van der Waals surface area contributed by atoms with Crippen molar-refractivity contribution in [2.45, 2.75) is 44.1 Å². The second-order valence-corrected chi connectivity index (χ2v) is 9.22. The molecule has 6 rings (SSSR count). The highest BCUT2D eigenvalue weighted by atomic mass is 35.5. The van der Waals surface area contributed by atoms with Crippen molar-refractivity contribution in [3.63, 3.8) is 0 Å². The van der Waals surface area contributed by atoms with Gasteiger partial charge >= 0.3 is 0 Å². The maximum atomic E-state index is 5.92. The van der Waals surface area contributed by atoms with E-state index in [2.05, 4.69) is 21.5 Å². The summed E-state index contributed by atoms with van der Waals surface area (Å²) in [6.07, 6.45) is 10.4. The Labute approximate surface area is 164 Å². The van der Waals surface area contributed by atoms with Crippen LogP contribution in [-0.2, 0) is 5.54 Å². The number of nitrogens with zero attached hydrogens (tertiary/aromatic N) is 2. The van der Waals surface area contributed by atoms with Gasteiger partial charge in [-0.15, -0.1) is 0 Å². The highest BCUT2D eigenvalue weighted by molar-refractivity contribution is 7.80. The van der Waals surface area contributed by atoms with Crippen LogP contribution in [0.1, 0.15) is 38.5 Å². The minimum Gasteiger partial charge on any atom is -0.332 e. The van der Waals surface area contributed by atoms with Gasteiger partial charge in [0.05, 0.1) is 5.54 Å². The molecular weight excluding hydrogens is 364 g/mol. The van der Waals surface area contributed by atoms with Crippen LogP contribution in [0.15, 0.2) is 36.5 Å². The molecule has 1 aromatic heterocycles. The molecule has 136 valence electrons. The number of nitrogens with one attached hydrogen (secondary N) is 2. The molecule has 4 aliphatic carbocycles. The fourth-order valence-electron chi connectivity index (χ4n) is 5.81. The van der Waals surface area contributed by atoms with Gasteiger partial charge in [0.25, 0.3) is 0 Å². The fraction of sp³-hybridized carbons (Fsp3) is 0.500. The second-order valence-electron chi connectivity index (χ2n) is 8.37. The molecule has 0 aliphatic heterocycles. The van der Waals surface area contributed by atoms with Crippen molar-refractivity contribution >= 4 is 40.4 Å². The normalized spacial score (nSPS) is 31.8. The first-order valence-electron chi connectivity index (χ1n) is 9.48. The zero-order chi connectivity index (χ0) is 17.7. The Bertz CT molecular complexity index is 793. The van der Waals surface area contributed by atoms with Gasteiger partial charge in [0.1, 0.15) is 0 Å². The minimum atomic E-state index is 0.250. The van der Waals surface area contributed by atoms with Crippen molar-refractivity contribution in [2.24, 2.45) is 17.8 Å².